The lowest BCUT2D eigenvalue weighted by molar-refractivity contribution is -0.384. The third-order valence-corrected chi connectivity index (χ3v) is 2.63. The third kappa shape index (κ3) is 3.53. The number of hydrogen-bond acceptors (Lipinski definition) is 5. The van der Waals surface area contributed by atoms with Crippen molar-refractivity contribution in [2.24, 2.45) is 0 Å². The van der Waals surface area contributed by atoms with Crippen LogP contribution in [0.2, 0.25) is 0 Å². The van der Waals surface area contributed by atoms with Gasteiger partial charge in [0.1, 0.15) is 0 Å². The van der Waals surface area contributed by atoms with Gasteiger partial charge in [0.2, 0.25) is 5.91 Å². The zero-order chi connectivity index (χ0) is 15.3. The number of rotatable bonds is 5. The van der Waals surface area contributed by atoms with Crippen molar-refractivity contribution < 1.29 is 19.2 Å². The van der Waals surface area contributed by atoms with Gasteiger partial charge in [-0.3, -0.25) is 14.9 Å². The summed E-state index contributed by atoms with van der Waals surface area (Å²) in [4.78, 5) is 34.9. The maximum atomic E-state index is 11.7. The minimum absolute atomic E-state index is 0.0516. The first-order chi connectivity index (χ1) is 9.40. The van der Waals surface area contributed by atoms with Crippen LogP contribution >= 0.6 is 0 Å². The Morgan fingerprint density at radius 1 is 1.30 bits per heavy atom. The first-order valence-electron chi connectivity index (χ1n) is 6.15. The summed E-state index contributed by atoms with van der Waals surface area (Å²) in [5.41, 5.74) is 0.0956. The summed E-state index contributed by atoms with van der Waals surface area (Å²) in [6.07, 6.45) is 0. The highest BCUT2D eigenvalue weighted by molar-refractivity contribution is 5.96. The lowest BCUT2D eigenvalue weighted by Crippen LogP contribution is -2.28. The van der Waals surface area contributed by atoms with Crippen LogP contribution in [0.25, 0.3) is 0 Å². The van der Waals surface area contributed by atoms with Gasteiger partial charge in [0.25, 0.3) is 5.69 Å². The number of nitro benzene ring substituents is 1. The number of esters is 1. The van der Waals surface area contributed by atoms with Gasteiger partial charge in [-0.2, -0.15) is 0 Å². The lowest BCUT2D eigenvalue weighted by Gasteiger charge is -2.19. The predicted molar refractivity (Wildman–Crippen MR) is 72.8 cm³/mol. The molecule has 108 valence electrons. The Balaban J connectivity index is 3.34. The van der Waals surface area contributed by atoms with Crippen LogP contribution < -0.4 is 4.90 Å². The molecule has 20 heavy (non-hydrogen) atoms. The number of nitrogens with zero attached hydrogens (tertiary/aromatic N) is 2. The molecule has 0 aromatic heterocycles. The van der Waals surface area contributed by atoms with Gasteiger partial charge in [-0.1, -0.05) is 0 Å². The van der Waals surface area contributed by atoms with Crippen molar-refractivity contribution >= 4 is 23.3 Å². The average molecular weight is 280 g/mol. The van der Waals surface area contributed by atoms with Crippen LogP contribution in [-0.4, -0.2) is 30.0 Å². The summed E-state index contributed by atoms with van der Waals surface area (Å²) in [6, 6.07) is 3.80. The van der Waals surface area contributed by atoms with Gasteiger partial charge < -0.3 is 9.64 Å². The highest BCUT2D eigenvalue weighted by Crippen LogP contribution is 2.24. The molecule has 0 heterocycles. The van der Waals surface area contributed by atoms with Crippen molar-refractivity contribution in [3.05, 3.63) is 33.9 Å². The number of nitro groups is 1. The van der Waals surface area contributed by atoms with E-state index in [-0.39, 0.29) is 23.8 Å². The minimum Gasteiger partial charge on any atom is -0.462 e. The topological polar surface area (TPSA) is 89.8 Å². The first-order valence-corrected chi connectivity index (χ1v) is 6.15. The summed E-state index contributed by atoms with van der Waals surface area (Å²) in [7, 11) is 0. The van der Waals surface area contributed by atoms with E-state index >= 15 is 0 Å². The van der Waals surface area contributed by atoms with E-state index < -0.39 is 10.9 Å². The predicted octanol–water partition coefficient (Wildman–Crippen LogP) is 2.14. The molecule has 7 nitrogen and oxygen atoms in total. The Morgan fingerprint density at radius 3 is 2.40 bits per heavy atom. The van der Waals surface area contributed by atoms with Gasteiger partial charge in [-0.05, 0) is 19.9 Å². The Hall–Kier alpha value is -2.44. The van der Waals surface area contributed by atoms with Crippen molar-refractivity contribution in [1.29, 1.82) is 0 Å². The number of carbonyl (C=O) groups excluding carboxylic acids is 2. The number of anilines is 1. The summed E-state index contributed by atoms with van der Waals surface area (Å²) in [5.74, 6) is -0.917. The maximum absolute atomic E-state index is 11.7. The van der Waals surface area contributed by atoms with Crippen LogP contribution in [-0.2, 0) is 9.53 Å². The molecule has 1 rings (SSSR count). The molecule has 0 aliphatic heterocycles. The minimum atomic E-state index is -0.656. The fourth-order valence-corrected chi connectivity index (χ4v) is 1.78. The lowest BCUT2D eigenvalue weighted by atomic mass is 10.1. The normalized spacial score (nSPS) is 9.95. The van der Waals surface area contributed by atoms with Gasteiger partial charge in [0, 0.05) is 25.6 Å². The fraction of sp³-hybridized carbons (Fsp3) is 0.385. The zero-order valence-electron chi connectivity index (χ0n) is 11.6. The number of amides is 1. The number of benzene rings is 1. The molecule has 0 spiro atoms. The molecule has 0 atom stereocenters. The van der Waals surface area contributed by atoms with Crippen LogP contribution in [0, 0.1) is 10.1 Å². The van der Waals surface area contributed by atoms with Crippen molar-refractivity contribution in [3.8, 4) is 0 Å². The molecule has 0 radical (unpaired) electrons. The van der Waals surface area contributed by atoms with E-state index in [9.17, 15) is 19.7 Å². The highest BCUT2D eigenvalue weighted by atomic mass is 16.6. The van der Waals surface area contributed by atoms with Crippen molar-refractivity contribution in [2.75, 3.05) is 18.1 Å². The van der Waals surface area contributed by atoms with Gasteiger partial charge in [-0.15, -0.1) is 0 Å². The van der Waals surface area contributed by atoms with Crippen LogP contribution in [0.15, 0.2) is 18.2 Å². The molecular formula is C13H16N2O5. The molecule has 0 fully saturated rings. The molecule has 0 N–H and O–H groups in total. The van der Waals surface area contributed by atoms with E-state index in [2.05, 4.69) is 0 Å². The fourth-order valence-electron chi connectivity index (χ4n) is 1.78. The van der Waals surface area contributed by atoms with Crippen LogP contribution in [0.4, 0.5) is 11.4 Å². The molecule has 0 bridgehead atoms. The Labute approximate surface area is 116 Å². The number of non-ortho nitro benzene ring substituents is 1. The van der Waals surface area contributed by atoms with Crippen molar-refractivity contribution in [1.82, 2.24) is 0 Å². The number of carbonyl (C=O) groups is 2. The Morgan fingerprint density at radius 2 is 1.95 bits per heavy atom. The van der Waals surface area contributed by atoms with Gasteiger partial charge >= 0.3 is 5.97 Å². The first kappa shape index (κ1) is 15.6. The van der Waals surface area contributed by atoms with Gasteiger partial charge in [-0.25, -0.2) is 4.79 Å². The summed E-state index contributed by atoms with van der Waals surface area (Å²) in [5, 5.41) is 10.9. The highest BCUT2D eigenvalue weighted by Gasteiger charge is 2.19. The molecule has 1 aromatic carbocycles. The second-order valence-corrected chi connectivity index (χ2v) is 3.98. The van der Waals surface area contributed by atoms with E-state index in [4.69, 9.17) is 4.74 Å². The van der Waals surface area contributed by atoms with E-state index in [1.807, 2.05) is 0 Å². The second kappa shape index (κ2) is 6.65. The van der Waals surface area contributed by atoms with Gasteiger partial charge in [0.15, 0.2) is 0 Å². The second-order valence-electron chi connectivity index (χ2n) is 3.98. The molecule has 0 saturated carbocycles. The molecule has 0 aliphatic rings. The largest absolute Gasteiger partial charge is 0.462 e. The molecule has 1 aromatic rings. The molecule has 0 unspecified atom stereocenters. The quantitative estimate of drug-likeness (QED) is 0.468. The third-order valence-electron chi connectivity index (χ3n) is 2.63. The van der Waals surface area contributed by atoms with E-state index in [0.29, 0.717) is 12.2 Å². The van der Waals surface area contributed by atoms with E-state index in [1.54, 1.807) is 13.8 Å². The van der Waals surface area contributed by atoms with Crippen LogP contribution in [0.1, 0.15) is 31.1 Å². The molecule has 1 amide bonds. The van der Waals surface area contributed by atoms with Crippen LogP contribution in [0.3, 0.4) is 0 Å². The standard InChI is InChI=1S/C13H16N2O5/c1-4-14(9(3)16)11-6-10(13(17)20-5-2)7-12(8-11)15(18)19/h6-8H,4-5H2,1-3H3. The smallest absolute Gasteiger partial charge is 0.338 e. The zero-order valence-corrected chi connectivity index (χ0v) is 11.6. The summed E-state index contributed by atoms with van der Waals surface area (Å²) in [6.45, 7) is 5.25. The SMILES string of the molecule is CCOC(=O)c1cc(N(CC)C(C)=O)cc([N+](=O)[O-])c1. The number of ether oxygens (including phenoxy) is 1. The summed E-state index contributed by atoms with van der Waals surface area (Å²) >= 11 is 0. The maximum Gasteiger partial charge on any atom is 0.338 e. The Bertz CT molecular complexity index is 542. The van der Waals surface area contributed by atoms with E-state index in [1.165, 1.54) is 24.0 Å². The summed E-state index contributed by atoms with van der Waals surface area (Å²) < 4.78 is 4.83. The molecule has 7 heteroatoms. The van der Waals surface area contributed by atoms with Crippen molar-refractivity contribution in [3.63, 3.8) is 0 Å². The van der Waals surface area contributed by atoms with Gasteiger partial charge in [0.05, 0.1) is 22.8 Å². The molecular weight excluding hydrogens is 264 g/mol. The number of hydrogen-bond donors (Lipinski definition) is 0. The Kier molecular flexibility index (Phi) is 5.19. The van der Waals surface area contributed by atoms with E-state index in [0.717, 1.165) is 6.07 Å². The monoisotopic (exact) mass is 280 g/mol. The molecule has 0 saturated heterocycles. The van der Waals surface area contributed by atoms with Crippen LogP contribution in [0.5, 0.6) is 0 Å². The average Bonchev–Trinajstić information content (AvgIpc) is 2.39. The van der Waals surface area contributed by atoms with Crippen molar-refractivity contribution in [2.45, 2.75) is 20.8 Å². The molecule has 0 aliphatic carbocycles.